The number of thiocarbonyl (C=S) groups is 1. The molecule has 0 saturated carbocycles. The number of nitrogens with one attached hydrogen (secondary N) is 2. The highest BCUT2D eigenvalue weighted by molar-refractivity contribution is 7.80. The van der Waals surface area contributed by atoms with E-state index in [-0.39, 0.29) is 6.10 Å². The van der Waals surface area contributed by atoms with Gasteiger partial charge >= 0.3 is 5.97 Å². The fourth-order valence-corrected chi connectivity index (χ4v) is 2.25. The second kappa shape index (κ2) is 8.45. The Labute approximate surface area is 134 Å². The van der Waals surface area contributed by atoms with Gasteiger partial charge in [-0.25, -0.2) is 4.79 Å². The number of hydrazone groups is 1. The molecule has 1 fully saturated rings. The van der Waals surface area contributed by atoms with Crippen LogP contribution >= 0.6 is 12.2 Å². The molecule has 0 amide bonds. The summed E-state index contributed by atoms with van der Waals surface area (Å²) in [6.07, 6.45) is 3.89. The highest BCUT2D eigenvalue weighted by atomic mass is 32.1. The quantitative estimate of drug-likeness (QED) is 0.370. The molecular formula is C15H19N3O3S. The van der Waals surface area contributed by atoms with Crippen LogP contribution in [0.3, 0.4) is 0 Å². The maximum Gasteiger partial charge on any atom is 0.338 e. The van der Waals surface area contributed by atoms with E-state index in [2.05, 4.69) is 15.8 Å². The second-order valence-electron chi connectivity index (χ2n) is 4.79. The van der Waals surface area contributed by atoms with Crippen LogP contribution in [-0.4, -0.2) is 43.7 Å². The van der Waals surface area contributed by atoms with E-state index in [9.17, 15) is 4.79 Å². The molecule has 0 radical (unpaired) electrons. The molecule has 1 aliphatic heterocycles. The fourth-order valence-electron chi connectivity index (χ4n) is 2.12. The number of hydrogen-bond donors (Lipinski definition) is 2. The minimum atomic E-state index is -0.402. The molecule has 1 saturated heterocycles. The third-order valence-electron chi connectivity index (χ3n) is 3.25. The van der Waals surface area contributed by atoms with Gasteiger partial charge in [-0.05, 0) is 31.1 Å². The normalized spacial score (nSPS) is 17.4. The summed E-state index contributed by atoms with van der Waals surface area (Å²) in [7, 11) is 1.35. The zero-order valence-corrected chi connectivity index (χ0v) is 13.2. The Balaban J connectivity index is 1.84. The molecule has 1 aromatic carbocycles. The van der Waals surface area contributed by atoms with E-state index < -0.39 is 5.97 Å². The Kier molecular flexibility index (Phi) is 6.29. The van der Waals surface area contributed by atoms with Crippen molar-refractivity contribution in [3.63, 3.8) is 0 Å². The van der Waals surface area contributed by atoms with Crippen molar-refractivity contribution in [3.05, 3.63) is 35.4 Å². The van der Waals surface area contributed by atoms with Crippen LogP contribution in [-0.2, 0) is 9.47 Å². The summed E-state index contributed by atoms with van der Waals surface area (Å²) >= 11 is 5.13. The van der Waals surface area contributed by atoms with Crippen LogP contribution in [0.2, 0.25) is 0 Å². The van der Waals surface area contributed by atoms with Crippen LogP contribution in [0, 0.1) is 0 Å². The van der Waals surface area contributed by atoms with Gasteiger partial charge in [-0.1, -0.05) is 18.2 Å². The molecule has 0 bridgehead atoms. The van der Waals surface area contributed by atoms with Crippen molar-refractivity contribution >= 4 is 29.5 Å². The SMILES string of the molecule is COC(=O)c1ccccc1/C=N\NC(=S)NC[C@H]1CCCO1. The zero-order valence-electron chi connectivity index (χ0n) is 12.4. The number of carbonyl (C=O) groups excluding carboxylic acids is 1. The topological polar surface area (TPSA) is 72.0 Å². The zero-order chi connectivity index (χ0) is 15.8. The van der Waals surface area contributed by atoms with Crippen molar-refractivity contribution in [3.8, 4) is 0 Å². The first-order chi connectivity index (χ1) is 10.7. The molecule has 1 aliphatic rings. The van der Waals surface area contributed by atoms with Gasteiger partial charge in [-0.3, -0.25) is 5.43 Å². The smallest absolute Gasteiger partial charge is 0.338 e. The Morgan fingerprint density at radius 3 is 3.09 bits per heavy atom. The highest BCUT2D eigenvalue weighted by Crippen LogP contribution is 2.10. The maximum absolute atomic E-state index is 11.6. The lowest BCUT2D eigenvalue weighted by Gasteiger charge is -2.11. The first-order valence-electron chi connectivity index (χ1n) is 7.06. The first kappa shape index (κ1) is 16.4. The molecule has 2 rings (SSSR count). The third-order valence-corrected chi connectivity index (χ3v) is 3.49. The molecule has 0 spiro atoms. The van der Waals surface area contributed by atoms with E-state index in [0.29, 0.717) is 22.8 Å². The lowest BCUT2D eigenvalue weighted by Crippen LogP contribution is -2.37. The number of methoxy groups -OCH3 is 1. The number of benzene rings is 1. The van der Waals surface area contributed by atoms with E-state index in [4.69, 9.17) is 21.7 Å². The molecule has 1 heterocycles. The summed E-state index contributed by atoms with van der Waals surface area (Å²) < 4.78 is 10.2. The minimum Gasteiger partial charge on any atom is -0.465 e. The maximum atomic E-state index is 11.6. The van der Waals surface area contributed by atoms with Gasteiger partial charge in [-0.15, -0.1) is 0 Å². The van der Waals surface area contributed by atoms with Crippen LogP contribution in [0.25, 0.3) is 0 Å². The highest BCUT2D eigenvalue weighted by Gasteiger charge is 2.15. The van der Waals surface area contributed by atoms with Crippen molar-refractivity contribution in [1.82, 2.24) is 10.7 Å². The lowest BCUT2D eigenvalue weighted by atomic mass is 10.1. The first-order valence-corrected chi connectivity index (χ1v) is 7.47. The average Bonchev–Trinajstić information content (AvgIpc) is 3.06. The van der Waals surface area contributed by atoms with Crippen molar-refractivity contribution in [1.29, 1.82) is 0 Å². The van der Waals surface area contributed by atoms with Gasteiger partial charge in [0, 0.05) is 18.7 Å². The Morgan fingerprint density at radius 1 is 1.55 bits per heavy atom. The van der Waals surface area contributed by atoms with Gasteiger partial charge in [0.1, 0.15) is 0 Å². The Morgan fingerprint density at radius 2 is 2.36 bits per heavy atom. The van der Waals surface area contributed by atoms with E-state index in [0.717, 1.165) is 19.4 Å². The van der Waals surface area contributed by atoms with Crippen LogP contribution in [0.5, 0.6) is 0 Å². The molecule has 6 nitrogen and oxygen atoms in total. The molecule has 7 heteroatoms. The van der Waals surface area contributed by atoms with Crippen LogP contribution in [0.15, 0.2) is 29.4 Å². The van der Waals surface area contributed by atoms with Crippen molar-refractivity contribution in [2.45, 2.75) is 18.9 Å². The number of nitrogens with zero attached hydrogens (tertiary/aromatic N) is 1. The van der Waals surface area contributed by atoms with E-state index in [1.165, 1.54) is 13.3 Å². The Bertz CT molecular complexity index is 557. The second-order valence-corrected chi connectivity index (χ2v) is 5.20. The number of hydrogen-bond acceptors (Lipinski definition) is 5. The predicted octanol–water partition coefficient (Wildman–Crippen LogP) is 1.45. The molecule has 0 aliphatic carbocycles. The summed E-state index contributed by atoms with van der Waals surface area (Å²) in [5, 5.41) is 7.50. The third kappa shape index (κ3) is 4.78. The molecule has 0 aromatic heterocycles. The number of esters is 1. The van der Waals surface area contributed by atoms with E-state index in [1.807, 2.05) is 6.07 Å². The van der Waals surface area contributed by atoms with Crippen LogP contribution < -0.4 is 10.7 Å². The van der Waals surface area contributed by atoms with Crippen molar-refractivity contribution in [2.75, 3.05) is 20.3 Å². The summed E-state index contributed by atoms with van der Waals surface area (Å²) in [4.78, 5) is 11.6. The van der Waals surface area contributed by atoms with Crippen LogP contribution in [0.1, 0.15) is 28.8 Å². The number of rotatable bonds is 5. The lowest BCUT2D eigenvalue weighted by molar-refractivity contribution is 0.0600. The van der Waals surface area contributed by atoms with Crippen molar-refractivity contribution in [2.24, 2.45) is 5.10 Å². The molecule has 1 atom stereocenters. The molecule has 1 aromatic rings. The van der Waals surface area contributed by atoms with E-state index >= 15 is 0 Å². The molecule has 118 valence electrons. The van der Waals surface area contributed by atoms with Gasteiger partial charge in [0.2, 0.25) is 0 Å². The van der Waals surface area contributed by atoms with Crippen LogP contribution in [0.4, 0.5) is 0 Å². The molecule has 2 N–H and O–H groups in total. The summed E-state index contributed by atoms with van der Waals surface area (Å²) in [6, 6.07) is 7.05. The van der Waals surface area contributed by atoms with E-state index in [1.54, 1.807) is 18.2 Å². The molecular weight excluding hydrogens is 302 g/mol. The van der Waals surface area contributed by atoms with Crippen molar-refractivity contribution < 1.29 is 14.3 Å². The number of ether oxygens (including phenoxy) is 2. The molecule has 0 unspecified atom stereocenters. The summed E-state index contributed by atoms with van der Waals surface area (Å²) in [5.74, 6) is -0.402. The average molecular weight is 321 g/mol. The van der Waals surface area contributed by atoms with Gasteiger partial charge in [0.15, 0.2) is 5.11 Å². The van der Waals surface area contributed by atoms with Gasteiger partial charge in [0.25, 0.3) is 0 Å². The Hall–Kier alpha value is -1.99. The van der Waals surface area contributed by atoms with Gasteiger partial charge in [-0.2, -0.15) is 5.10 Å². The van der Waals surface area contributed by atoms with Gasteiger partial charge in [0.05, 0.1) is 25.0 Å². The monoisotopic (exact) mass is 321 g/mol. The largest absolute Gasteiger partial charge is 0.465 e. The molecule has 22 heavy (non-hydrogen) atoms. The summed E-state index contributed by atoms with van der Waals surface area (Å²) in [6.45, 7) is 1.48. The van der Waals surface area contributed by atoms with Gasteiger partial charge < -0.3 is 14.8 Å². The standard InChI is InChI=1S/C15H19N3O3S/c1-20-14(19)13-7-3-2-5-11(13)9-17-18-15(22)16-10-12-6-4-8-21-12/h2-3,5,7,9,12H,4,6,8,10H2,1H3,(H2,16,18,22)/b17-9-/t12-/m1/s1. The summed E-state index contributed by atoms with van der Waals surface area (Å²) in [5.41, 5.74) is 3.83. The number of carbonyl (C=O) groups is 1. The minimum absolute atomic E-state index is 0.212. The fraction of sp³-hybridized carbons (Fsp3) is 0.400. The predicted molar refractivity (Wildman–Crippen MR) is 88.1 cm³/mol.